The van der Waals surface area contributed by atoms with Gasteiger partial charge in [0.05, 0.1) is 5.52 Å². The Balaban J connectivity index is 2.92. The van der Waals surface area contributed by atoms with Crippen LogP contribution in [0, 0.1) is 18.3 Å². The summed E-state index contributed by atoms with van der Waals surface area (Å²) in [5.74, 6) is -0.246. The molecule has 1 aromatic heterocycles. The van der Waals surface area contributed by atoms with Crippen LogP contribution in [-0.4, -0.2) is 10.1 Å². The van der Waals surface area contributed by atoms with Crippen LogP contribution in [0.1, 0.15) is 11.1 Å². The summed E-state index contributed by atoms with van der Waals surface area (Å²) in [6.07, 6.45) is 0. The summed E-state index contributed by atoms with van der Waals surface area (Å²) in [6.45, 7) is 1.77. The maximum absolute atomic E-state index is 9.50. The molecule has 2 rings (SSSR count). The zero-order valence-electron chi connectivity index (χ0n) is 7.95. The number of aromatic nitrogens is 1. The Morgan fingerprint density at radius 3 is 2.87 bits per heavy atom. The lowest BCUT2D eigenvalue weighted by molar-refractivity contribution is 0.453. The van der Waals surface area contributed by atoms with Crippen LogP contribution in [0.25, 0.3) is 10.9 Å². The maximum atomic E-state index is 9.50. The molecule has 1 aromatic carbocycles. The molecule has 3 nitrogen and oxygen atoms in total. The first kappa shape index (κ1) is 9.75. The van der Waals surface area contributed by atoms with Crippen LogP contribution in [0.5, 0.6) is 5.88 Å². The van der Waals surface area contributed by atoms with Crippen molar-refractivity contribution in [3.05, 3.63) is 34.3 Å². The Kier molecular flexibility index (Phi) is 2.22. The molecule has 4 heteroatoms. The van der Waals surface area contributed by atoms with Gasteiger partial charge in [-0.1, -0.05) is 17.7 Å². The molecule has 15 heavy (non-hydrogen) atoms. The highest BCUT2D eigenvalue weighted by molar-refractivity contribution is 6.31. The summed E-state index contributed by atoms with van der Waals surface area (Å²) in [6, 6.07) is 7.11. The Morgan fingerprint density at radius 2 is 2.20 bits per heavy atom. The molecular weight excluding hydrogens is 212 g/mol. The first-order valence-electron chi connectivity index (χ1n) is 4.32. The normalized spacial score (nSPS) is 10.2. The van der Waals surface area contributed by atoms with Crippen LogP contribution >= 0.6 is 11.6 Å². The van der Waals surface area contributed by atoms with Gasteiger partial charge in [0.25, 0.3) is 0 Å². The molecule has 0 fully saturated rings. The van der Waals surface area contributed by atoms with Gasteiger partial charge in [0.2, 0.25) is 5.88 Å². The SMILES string of the molecule is Cc1c(C#N)c(O)nc2cc(Cl)ccc12. The second-order valence-electron chi connectivity index (χ2n) is 3.21. The molecular formula is C11H7ClN2O. The van der Waals surface area contributed by atoms with Crippen molar-refractivity contribution in [2.75, 3.05) is 0 Å². The Hall–Kier alpha value is -1.79. The second-order valence-corrected chi connectivity index (χ2v) is 3.65. The molecule has 0 unspecified atom stereocenters. The number of rotatable bonds is 0. The van der Waals surface area contributed by atoms with Crippen LogP contribution in [0.4, 0.5) is 0 Å². The number of fused-ring (bicyclic) bond motifs is 1. The molecule has 0 aliphatic carbocycles. The van der Waals surface area contributed by atoms with Crippen molar-refractivity contribution in [2.45, 2.75) is 6.92 Å². The first-order valence-corrected chi connectivity index (χ1v) is 4.70. The van der Waals surface area contributed by atoms with Crippen molar-refractivity contribution in [2.24, 2.45) is 0 Å². The van der Waals surface area contributed by atoms with Crippen molar-refractivity contribution >= 4 is 22.5 Å². The van der Waals surface area contributed by atoms with Crippen LogP contribution < -0.4 is 0 Å². The van der Waals surface area contributed by atoms with Gasteiger partial charge >= 0.3 is 0 Å². The van der Waals surface area contributed by atoms with Gasteiger partial charge in [-0.3, -0.25) is 0 Å². The van der Waals surface area contributed by atoms with Crippen molar-refractivity contribution < 1.29 is 5.11 Å². The largest absolute Gasteiger partial charge is 0.492 e. The summed E-state index contributed by atoms with van der Waals surface area (Å²) in [5.41, 5.74) is 1.53. The van der Waals surface area contributed by atoms with E-state index >= 15 is 0 Å². The van der Waals surface area contributed by atoms with Gasteiger partial charge in [0.1, 0.15) is 11.6 Å². The lowest BCUT2D eigenvalue weighted by atomic mass is 10.1. The van der Waals surface area contributed by atoms with E-state index in [9.17, 15) is 5.11 Å². The number of benzene rings is 1. The van der Waals surface area contributed by atoms with E-state index < -0.39 is 0 Å². The standard InChI is InChI=1S/C11H7ClN2O/c1-6-8-3-2-7(12)4-10(8)14-11(15)9(6)5-13/h2-4H,1H3,(H,14,15). The monoisotopic (exact) mass is 218 g/mol. The Bertz CT molecular complexity index is 587. The minimum Gasteiger partial charge on any atom is -0.492 e. The molecule has 0 saturated heterocycles. The van der Waals surface area contributed by atoms with Gasteiger partial charge in [0, 0.05) is 10.4 Å². The number of hydrogen-bond acceptors (Lipinski definition) is 3. The predicted octanol–water partition coefficient (Wildman–Crippen LogP) is 2.77. The molecule has 0 aliphatic heterocycles. The fourth-order valence-corrected chi connectivity index (χ4v) is 1.69. The number of nitrogens with zero attached hydrogens (tertiary/aromatic N) is 2. The van der Waals surface area contributed by atoms with Crippen molar-refractivity contribution in [3.8, 4) is 11.9 Å². The van der Waals surface area contributed by atoms with Gasteiger partial charge < -0.3 is 5.11 Å². The van der Waals surface area contributed by atoms with Gasteiger partial charge in [-0.25, -0.2) is 4.98 Å². The van der Waals surface area contributed by atoms with Crippen LogP contribution in [0.3, 0.4) is 0 Å². The van der Waals surface area contributed by atoms with E-state index in [2.05, 4.69) is 4.98 Å². The van der Waals surface area contributed by atoms with E-state index in [0.29, 0.717) is 10.5 Å². The summed E-state index contributed by atoms with van der Waals surface area (Å²) in [5, 5.41) is 19.7. The van der Waals surface area contributed by atoms with Crippen LogP contribution in [-0.2, 0) is 0 Å². The molecule has 0 radical (unpaired) electrons. The van der Waals surface area contributed by atoms with Gasteiger partial charge in [0.15, 0.2) is 0 Å². The summed E-state index contributed by atoms with van der Waals surface area (Å²) >= 11 is 5.81. The van der Waals surface area contributed by atoms with E-state index in [0.717, 1.165) is 10.9 Å². The molecule has 0 spiro atoms. The first-order chi connectivity index (χ1) is 7.13. The average molecular weight is 219 g/mol. The van der Waals surface area contributed by atoms with E-state index in [1.807, 2.05) is 6.07 Å². The third-order valence-corrected chi connectivity index (χ3v) is 2.54. The summed E-state index contributed by atoms with van der Waals surface area (Å²) in [4.78, 5) is 3.92. The molecule has 1 N–H and O–H groups in total. The molecule has 0 bridgehead atoms. The second kappa shape index (κ2) is 3.41. The zero-order valence-corrected chi connectivity index (χ0v) is 8.71. The number of hydrogen-bond donors (Lipinski definition) is 1. The molecule has 0 amide bonds. The number of aryl methyl sites for hydroxylation is 1. The fraction of sp³-hybridized carbons (Fsp3) is 0.0909. The lowest BCUT2D eigenvalue weighted by Gasteiger charge is -2.05. The summed E-state index contributed by atoms with van der Waals surface area (Å²) in [7, 11) is 0. The fourth-order valence-electron chi connectivity index (χ4n) is 1.52. The summed E-state index contributed by atoms with van der Waals surface area (Å²) < 4.78 is 0. The minimum absolute atomic E-state index is 0.213. The van der Waals surface area contributed by atoms with E-state index in [4.69, 9.17) is 16.9 Å². The van der Waals surface area contributed by atoms with Gasteiger partial charge in [-0.05, 0) is 24.6 Å². The maximum Gasteiger partial charge on any atom is 0.230 e. The Morgan fingerprint density at radius 1 is 1.47 bits per heavy atom. The lowest BCUT2D eigenvalue weighted by Crippen LogP contribution is -1.90. The smallest absolute Gasteiger partial charge is 0.230 e. The topological polar surface area (TPSA) is 56.9 Å². The third kappa shape index (κ3) is 1.49. The van der Waals surface area contributed by atoms with Crippen molar-refractivity contribution in [1.82, 2.24) is 4.98 Å². The van der Waals surface area contributed by atoms with E-state index in [1.54, 1.807) is 25.1 Å². The van der Waals surface area contributed by atoms with Crippen LogP contribution in [0.2, 0.25) is 5.02 Å². The molecule has 0 atom stereocenters. The molecule has 0 aliphatic rings. The number of aromatic hydroxyl groups is 1. The minimum atomic E-state index is -0.246. The van der Waals surface area contributed by atoms with Crippen molar-refractivity contribution in [3.63, 3.8) is 0 Å². The number of nitriles is 1. The quantitative estimate of drug-likeness (QED) is 0.740. The molecule has 74 valence electrons. The van der Waals surface area contributed by atoms with Crippen molar-refractivity contribution in [1.29, 1.82) is 5.26 Å². The highest BCUT2D eigenvalue weighted by atomic mass is 35.5. The molecule has 1 heterocycles. The highest BCUT2D eigenvalue weighted by Gasteiger charge is 2.10. The van der Waals surface area contributed by atoms with Gasteiger partial charge in [-0.15, -0.1) is 0 Å². The third-order valence-electron chi connectivity index (χ3n) is 2.30. The molecule has 0 saturated carbocycles. The predicted molar refractivity (Wildman–Crippen MR) is 57.9 cm³/mol. The number of pyridine rings is 1. The van der Waals surface area contributed by atoms with Crippen LogP contribution in [0.15, 0.2) is 18.2 Å². The van der Waals surface area contributed by atoms with E-state index in [1.165, 1.54) is 0 Å². The van der Waals surface area contributed by atoms with E-state index in [-0.39, 0.29) is 11.4 Å². The number of halogens is 1. The zero-order chi connectivity index (χ0) is 11.0. The molecule has 2 aromatic rings. The Labute approximate surface area is 91.6 Å². The average Bonchev–Trinajstić information content (AvgIpc) is 2.17. The highest BCUT2D eigenvalue weighted by Crippen LogP contribution is 2.27. The van der Waals surface area contributed by atoms with Gasteiger partial charge in [-0.2, -0.15) is 5.26 Å².